The fourth-order valence-corrected chi connectivity index (χ4v) is 4.00. The van der Waals surface area contributed by atoms with Crippen LogP contribution in [0.2, 0.25) is 0 Å². The third kappa shape index (κ3) is 6.82. The van der Waals surface area contributed by atoms with Crippen LogP contribution in [0, 0.1) is 6.92 Å². The Bertz CT molecular complexity index is 1110. The summed E-state index contributed by atoms with van der Waals surface area (Å²) in [6.07, 6.45) is 1.53. The standard InChI is InChI=1S/C24H30N4O5S/c1-5-28(6-2)10-12-33-21-13-17(7-8-20(21)31-4)25-22(29)14-18-15-34-24(26-18)27-23(30)19-9-11-32-16(19)3/h7-9,11,13,15H,5-6,10,12,14H2,1-4H3,(H,25,29)(H,26,27,30). The molecule has 34 heavy (non-hydrogen) atoms. The molecule has 2 amide bonds. The Kier molecular flexibility index (Phi) is 9.06. The third-order valence-electron chi connectivity index (χ3n) is 5.22. The number of rotatable bonds is 12. The number of anilines is 2. The van der Waals surface area contributed by atoms with E-state index in [1.807, 2.05) is 0 Å². The van der Waals surface area contributed by atoms with E-state index in [1.54, 1.807) is 43.7 Å². The van der Waals surface area contributed by atoms with Crippen LogP contribution in [0.5, 0.6) is 11.5 Å². The van der Waals surface area contributed by atoms with E-state index in [4.69, 9.17) is 13.9 Å². The maximum atomic E-state index is 12.6. The molecule has 2 N–H and O–H groups in total. The lowest BCUT2D eigenvalue weighted by Crippen LogP contribution is -2.28. The maximum Gasteiger partial charge on any atom is 0.260 e. The topological polar surface area (TPSA) is 106 Å². The van der Waals surface area contributed by atoms with Gasteiger partial charge in [-0.3, -0.25) is 14.9 Å². The second-order valence-electron chi connectivity index (χ2n) is 7.45. The highest BCUT2D eigenvalue weighted by atomic mass is 32.1. The van der Waals surface area contributed by atoms with Gasteiger partial charge in [-0.2, -0.15) is 0 Å². The molecule has 0 bridgehead atoms. The Hall–Kier alpha value is -3.37. The average molecular weight is 487 g/mol. The Morgan fingerprint density at radius 2 is 1.94 bits per heavy atom. The van der Waals surface area contributed by atoms with Crippen molar-refractivity contribution in [3.63, 3.8) is 0 Å². The molecule has 2 aromatic heterocycles. The van der Waals surface area contributed by atoms with E-state index >= 15 is 0 Å². The largest absolute Gasteiger partial charge is 0.493 e. The predicted molar refractivity (Wildman–Crippen MR) is 132 cm³/mol. The number of carbonyl (C=O) groups is 2. The molecule has 3 aromatic rings. The molecule has 0 saturated heterocycles. The van der Waals surface area contributed by atoms with Crippen molar-refractivity contribution >= 4 is 34.0 Å². The highest BCUT2D eigenvalue weighted by Gasteiger charge is 2.15. The number of amides is 2. The lowest BCUT2D eigenvalue weighted by molar-refractivity contribution is -0.115. The first kappa shape index (κ1) is 25.3. The van der Waals surface area contributed by atoms with Crippen LogP contribution in [0.3, 0.4) is 0 Å². The first-order valence-electron chi connectivity index (χ1n) is 11.1. The number of hydrogen-bond acceptors (Lipinski definition) is 8. The number of aryl methyl sites for hydroxylation is 1. The Balaban J connectivity index is 1.56. The lowest BCUT2D eigenvalue weighted by Gasteiger charge is -2.19. The van der Waals surface area contributed by atoms with Crippen LogP contribution < -0.4 is 20.1 Å². The van der Waals surface area contributed by atoms with E-state index in [0.29, 0.717) is 45.9 Å². The number of nitrogens with zero attached hydrogens (tertiary/aromatic N) is 2. The van der Waals surface area contributed by atoms with Crippen molar-refractivity contribution in [3.8, 4) is 11.5 Å². The minimum absolute atomic E-state index is 0.0707. The fraction of sp³-hybridized carbons (Fsp3) is 0.375. The average Bonchev–Trinajstić information content (AvgIpc) is 3.45. The lowest BCUT2D eigenvalue weighted by atomic mass is 10.2. The zero-order valence-electron chi connectivity index (χ0n) is 19.8. The summed E-state index contributed by atoms with van der Waals surface area (Å²) in [7, 11) is 1.58. The number of benzene rings is 1. The van der Waals surface area contributed by atoms with Crippen LogP contribution in [0.25, 0.3) is 0 Å². The van der Waals surface area contributed by atoms with E-state index < -0.39 is 0 Å². The van der Waals surface area contributed by atoms with Crippen LogP contribution >= 0.6 is 11.3 Å². The van der Waals surface area contributed by atoms with Crippen molar-refractivity contribution in [2.75, 3.05) is 44.0 Å². The molecule has 0 aliphatic carbocycles. The molecule has 9 nitrogen and oxygen atoms in total. The molecule has 3 rings (SSSR count). The van der Waals surface area contributed by atoms with Crippen molar-refractivity contribution in [1.82, 2.24) is 9.88 Å². The molecule has 0 fully saturated rings. The smallest absolute Gasteiger partial charge is 0.260 e. The highest BCUT2D eigenvalue weighted by molar-refractivity contribution is 7.14. The van der Waals surface area contributed by atoms with Gasteiger partial charge in [0.25, 0.3) is 5.91 Å². The van der Waals surface area contributed by atoms with Crippen molar-refractivity contribution < 1.29 is 23.5 Å². The number of furan rings is 1. The molecular weight excluding hydrogens is 456 g/mol. The molecule has 0 aliphatic rings. The molecule has 1 aromatic carbocycles. The maximum absolute atomic E-state index is 12.6. The predicted octanol–water partition coefficient (Wildman–Crippen LogP) is 4.21. The number of thiazole rings is 1. The summed E-state index contributed by atoms with van der Waals surface area (Å²) in [5.74, 6) is 1.17. The summed E-state index contributed by atoms with van der Waals surface area (Å²) >= 11 is 1.26. The highest BCUT2D eigenvalue weighted by Crippen LogP contribution is 2.30. The normalized spacial score (nSPS) is 10.9. The summed E-state index contributed by atoms with van der Waals surface area (Å²) in [5.41, 5.74) is 1.61. The minimum atomic E-state index is -0.302. The second-order valence-corrected chi connectivity index (χ2v) is 8.31. The van der Waals surface area contributed by atoms with Gasteiger partial charge in [0.15, 0.2) is 16.6 Å². The summed E-state index contributed by atoms with van der Waals surface area (Å²) in [5, 5.41) is 7.75. The van der Waals surface area contributed by atoms with Gasteiger partial charge in [-0.1, -0.05) is 13.8 Å². The molecular formula is C24H30N4O5S. The van der Waals surface area contributed by atoms with Crippen molar-refractivity contribution in [1.29, 1.82) is 0 Å². The third-order valence-corrected chi connectivity index (χ3v) is 6.03. The van der Waals surface area contributed by atoms with E-state index in [0.717, 1.165) is 19.6 Å². The van der Waals surface area contributed by atoms with Gasteiger partial charge in [0.05, 0.1) is 31.1 Å². The number of methoxy groups -OCH3 is 1. The van der Waals surface area contributed by atoms with E-state index in [2.05, 4.69) is 34.4 Å². The molecule has 0 radical (unpaired) electrons. The summed E-state index contributed by atoms with van der Waals surface area (Å²) < 4.78 is 16.4. The Labute approximate surface area is 203 Å². The molecule has 0 saturated carbocycles. The van der Waals surface area contributed by atoms with Gasteiger partial charge in [0.1, 0.15) is 12.4 Å². The number of hydrogen-bond donors (Lipinski definition) is 2. The van der Waals surface area contributed by atoms with Crippen LogP contribution in [0.1, 0.15) is 35.7 Å². The Morgan fingerprint density at radius 1 is 1.15 bits per heavy atom. The number of likely N-dealkylation sites (N-methyl/N-ethyl adjacent to an activating group) is 1. The van der Waals surface area contributed by atoms with E-state index in [1.165, 1.54) is 17.6 Å². The second kappa shape index (κ2) is 12.2. The van der Waals surface area contributed by atoms with Gasteiger partial charge in [-0.05, 0) is 38.2 Å². The van der Waals surface area contributed by atoms with Crippen molar-refractivity contribution in [2.45, 2.75) is 27.2 Å². The van der Waals surface area contributed by atoms with Gasteiger partial charge >= 0.3 is 0 Å². The minimum Gasteiger partial charge on any atom is -0.493 e. The molecule has 0 spiro atoms. The molecule has 2 heterocycles. The van der Waals surface area contributed by atoms with Crippen LogP contribution in [0.15, 0.2) is 40.3 Å². The van der Waals surface area contributed by atoms with Crippen LogP contribution in [-0.2, 0) is 11.2 Å². The number of ether oxygens (including phenoxy) is 2. The van der Waals surface area contributed by atoms with Gasteiger partial charge in [-0.25, -0.2) is 4.98 Å². The summed E-state index contributed by atoms with van der Waals surface area (Å²) in [6, 6.07) is 6.87. The summed E-state index contributed by atoms with van der Waals surface area (Å²) in [4.78, 5) is 31.5. The molecule has 10 heteroatoms. The van der Waals surface area contributed by atoms with Gasteiger partial charge in [-0.15, -0.1) is 11.3 Å². The molecule has 0 atom stereocenters. The van der Waals surface area contributed by atoms with Gasteiger partial charge in [0.2, 0.25) is 5.91 Å². The van der Waals surface area contributed by atoms with Crippen LogP contribution in [0.4, 0.5) is 10.8 Å². The molecule has 0 aliphatic heterocycles. The Morgan fingerprint density at radius 3 is 2.62 bits per heavy atom. The first-order valence-corrected chi connectivity index (χ1v) is 11.9. The zero-order valence-corrected chi connectivity index (χ0v) is 20.7. The van der Waals surface area contributed by atoms with Gasteiger partial charge in [0, 0.05) is 23.7 Å². The molecule has 0 unspecified atom stereocenters. The quantitative estimate of drug-likeness (QED) is 0.395. The fourth-order valence-electron chi connectivity index (χ4n) is 3.29. The van der Waals surface area contributed by atoms with Gasteiger partial charge < -0.3 is 24.1 Å². The van der Waals surface area contributed by atoms with E-state index in [9.17, 15) is 9.59 Å². The van der Waals surface area contributed by atoms with E-state index in [-0.39, 0.29) is 18.2 Å². The molecule has 182 valence electrons. The number of nitrogens with one attached hydrogen (secondary N) is 2. The summed E-state index contributed by atoms with van der Waals surface area (Å²) in [6.45, 7) is 9.17. The first-order chi connectivity index (χ1) is 16.4. The zero-order chi connectivity index (χ0) is 24.5. The monoisotopic (exact) mass is 486 g/mol. The van der Waals surface area contributed by atoms with Crippen molar-refractivity contribution in [2.24, 2.45) is 0 Å². The number of aromatic nitrogens is 1. The number of carbonyl (C=O) groups excluding carboxylic acids is 2. The van der Waals surface area contributed by atoms with Crippen LogP contribution in [-0.4, -0.2) is 55.0 Å². The SMILES string of the molecule is CCN(CC)CCOc1cc(NC(=O)Cc2csc(NC(=O)c3ccoc3C)n2)ccc1OC. The van der Waals surface area contributed by atoms with Crippen molar-refractivity contribution in [3.05, 3.63) is 52.9 Å².